The Morgan fingerprint density at radius 1 is 1.29 bits per heavy atom. The van der Waals surface area contributed by atoms with Crippen LogP contribution in [0.3, 0.4) is 0 Å². The van der Waals surface area contributed by atoms with Crippen molar-refractivity contribution in [3.8, 4) is 5.75 Å². The highest BCUT2D eigenvalue weighted by Crippen LogP contribution is 2.34. The molecule has 1 nitrogen and oxygen atoms in total. The van der Waals surface area contributed by atoms with Crippen molar-refractivity contribution in [1.82, 2.24) is 0 Å². The van der Waals surface area contributed by atoms with Crippen LogP contribution < -0.4 is 0 Å². The molecule has 0 aliphatic heterocycles. The van der Waals surface area contributed by atoms with Crippen molar-refractivity contribution in [1.29, 1.82) is 0 Å². The second-order valence-electron chi connectivity index (χ2n) is 3.48. The van der Waals surface area contributed by atoms with Crippen LogP contribution >= 0.6 is 11.8 Å². The van der Waals surface area contributed by atoms with Gasteiger partial charge in [-0.2, -0.15) is 0 Å². The molecule has 0 amide bonds. The molecule has 74 valence electrons. The van der Waals surface area contributed by atoms with Crippen molar-refractivity contribution < 1.29 is 5.11 Å². The Labute approximate surface area is 88.8 Å². The van der Waals surface area contributed by atoms with Gasteiger partial charge in [0.1, 0.15) is 5.75 Å². The smallest absolute Gasteiger partial charge is 0.129 e. The van der Waals surface area contributed by atoms with Gasteiger partial charge in [0.25, 0.3) is 0 Å². The number of thioether (sulfide) groups is 1. The molecule has 1 N–H and O–H groups in total. The lowest BCUT2D eigenvalue weighted by molar-refractivity contribution is 0.462. The Bertz CT molecular complexity index is 333. The van der Waals surface area contributed by atoms with E-state index in [2.05, 4.69) is 12.2 Å². The average Bonchev–Trinajstić information content (AvgIpc) is 2.23. The molecule has 0 saturated carbocycles. The van der Waals surface area contributed by atoms with Crippen molar-refractivity contribution >= 4 is 11.8 Å². The molecule has 0 aromatic heterocycles. The minimum Gasteiger partial charge on any atom is -0.507 e. The van der Waals surface area contributed by atoms with Crippen LogP contribution in [0.5, 0.6) is 5.75 Å². The first kappa shape index (κ1) is 9.66. The van der Waals surface area contributed by atoms with E-state index in [1.54, 1.807) is 17.8 Å². The summed E-state index contributed by atoms with van der Waals surface area (Å²) in [5, 5.41) is 10.1. The average molecular weight is 206 g/mol. The molecule has 1 aromatic rings. The third-order valence-electron chi connectivity index (χ3n) is 2.35. The number of allylic oxidation sites excluding steroid dienone is 1. The van der Waals surface area contributed by atoms with Gasteiger partial charge in [0.2, 0.25) is 0 Å². The molecule has 0 bridgehead atoms. The van der Waals surface area contributed by atoms with Crippen LogP contribution in [0.25, 0.3) is 0 Å². The van der Waals surface area contributed by atoms with Gasteiger partial charge in [-0.25, -0.2) is 0 Å². The van der Waals surface area contributed by atoms with Gasteiger partial charge in [-0.05, 0) is 31.4 Å². The largest absolute Gasteiger partial charge is 0.507 e. The molecule has 2 rings (SSSR count). The fourth-order valence-electron chi connectivity index (χ4n) is 1.60. The Morgan fingerprint density at radius 2 is 2.14 bits per heavy atom. The third-order valence-corrected chi connectivity index (χ3v) is 3.65. The molecule has 0 spiro atoms. The second kappa shape index (κ2) is 4.56. The van der Waals surface area contributed by atoms with E-state index in [1.165, 1.54) is 19.3 Å². The summed E-state index contributed by atoms with van der Waals surface area (Å²) in [5.74, 6) is 0.400. The molecule has 1 atom stereocenters. The number of phenols is 1. The van der Waals surface area contributed by atoms with E-state index in [9.17, 15) is 5.11 Å². The standard InChI is InChI=1S/C12H14OS/c13-11-8-4-5-9-12(11)14-10-6-2-1-3-7-10/h2,4-6,8-10,13H,1,3,7H2. The topological polar surface area (TPSA) is 20.2 Å². The molecule has 2 heteroatoms. The van der Waals surface area contributed by atoms with Crippen molar-refractivity contribution in [3.63, 3.8) is 0 Å². The molecular weight excluding hydrogens is 192 g/mol. The van der Waals surface area contributed by atoms with E-state index < -0.39 is 0 Å². The molecule has 0 fully saturated rings. The van der Waals surface area contributed by atoms with Gasteiger partial charge >= 0.3 is 0 Å². The highest BCUT2D eigenvalue weighted by molar-refractivity contribution is 8.00. The van der Waals surface area contributed by atoms with Crippen molar-refractivity contribution in [3.05, 3.63) is 36.4 Å². The zero-order valence-electron chi connectivity index (χ0n) is 8.02. The number of para-hydroxylation sites is 1. The quantitative estimate of drug-likeness (QED) is 0.746. The zero-order valence-corrected chi connectivity index (χ0v) is 8.83. The maximum absolute atomic E-state index is 9.60. The number of hydrogen-bond donors (Lipinski definition) is 1. The number of benzene rings is 1. The molecule has 14 heavy (non-hydrogen) atoms. The van der Waals surface area contributed by atoms with Gasteiger partial charge in [-0.15, -0.1) is 11.8 Å². The van der Waals surface area contributed by atoms with E-state index in [1.807, 2.05) is 18.2 Å². The van der Waals surface area contributed by atoms with E-state index in [-0.39, 0.29) is 0 Å². The maximum Gasteiger partial charge on any atom is 0.129 e. The maximum atomic E-state index is 9.60. The summed E-state index contributed by atoms with van der Waals surface area (Å²) in [7, 11) is 0. The summed E-state index contributed by atoms with van der Waals surface area (Å²) in [6.07, 6.45) is 8.18. The number of hydrogen-bond acceptors (Lipinski definition) is 2. The number of rotatable bonds is 2. The Kier molecular flexibility index (Phi) is 3.14. The molecule has 1 unspecified atom stereocenters. The molecule has 0 radical (unpaired) electrons. The van der Waals surface area contributed by atoms with Crippen LogP contribution in [-0.2, 0) is 0 Å². The van der Waals surface area contributed by atoms with Gasteiger partial charge in [0, 0.05) is 10.1 Å². The monoisotopic (exact) mass is 206 g/mol. The van der Waals surface area contributed by atoms with Crippen LogP contribution in [0.1, 0.15) is 19.3 Å². The van der Waals surface area contributed by atoms with Gasteiger partial charge in [0.05, 0.1) is 0 Å². The number of aromatic hydroxyl groups is 1. The van der Waals surface area contributed by atoms with E-state index >= 15 is 0 Å². The summed E-state index contributed by atoms with van der Waals surface area (Å²) >= 11 is 1.75. The van der Waals surface area contributed by atoms with Crippen molar-refractivity contribution in [2.75, 3.05) is 0 Å². The molecule has 1 aliphatic carbocycles. The Morgan fingerprint density at radius 3 is 2.86 bits per heavy atom. The Balaban J connectivity index is 2.06. The third kappa shape index (κ3) is 2.32. The van der Waals surface area contributed by atoms with Crippen LogP contribution in [0.2, 0.25) is 0 Å². The SMILES string of the molecule is Oc1ccccc1SC1C=CCCC1. The van der Waals surface area contributed by atoms with E-state index in [0.717, 1.165) is 4.90 Å². The second-order valence-corrected chi connectivity index (χ2v) is 4.76. The molecule has 1 aromatic carbocycles. The van der Waals surface area contributed by atoms with Crippen LogP contribution in [0.15, 0.2) is 41.3 Å². The summed E-state index contributed by atoms with van der Waals surface area (Å²) in [6, 6.07) is 7.54. The molecule has 0 saturated heterocycles. The lowest BCUT2D eigenvalue weighted by Gasteiger charge is -2.16. The van der Waals surface area contributed by atoms with Gasteiger partial charge in [0.15, 0.2) is 0 Å². The lowest BCUT2D eigenvalue weighted by atomic mass is 10.1. The lowest BCUT2D eigenvalue weighted by Crippen LogP contribution is -2.01. The van der Waals surface area contributed by atoms with Crippen LogP contribution in [0, 0.1) is 0 Å². The van der Waals surface area contributed by atoms with Crippen molar-refractivity contribution in [2.24, 2.45) is 0 Å². The molecule has 1 aliphatic rings. The minimum atomic E-state index is 0.400. The van der Waals surface area contributed by atoms with Gasteiger partial charge in [-0.1, -0.05) is 24.3 Å². The molecule has 0 heterocycles. The minimum absolute atomic E-state index is 0.400. The first-order chi connectivity index (χ1) is 6.86. The Hall–Kier alpha value is -0.890. The number of phenolic OH excluding ortho intramolecular Hbond substituents is 1. The summed E-state index contributed by atoms with van der Waals surface area (Å²) in [6.45, 7) is 0. The first-order valence-corrected chi connectivity index (χ1v) is 5.85. The van der Waals surface area contributed by atoms with E-state index in [0.29, 0.717) is 11.0 Å². The normalized spacial score (nSPS) is 21.0. The fraction of sp³-hybridized carbons (Fsp3) is 0.333. The van der Waals surface area contributed by atoms with Crippen LogP contribution in [0.4, 0.5) is 0 Å². The summed E-state index contributed by atoms with van der Waals surface area (Å²) in [5.41, 5.74) is 0. The zero-order chi connectivity index (χ0) is 9.80. The summed E-state index contributed by atoms with van der Waals surface area (Å²) in [4.78, 5) is 0.990. The van der Waals surface area contributed by atoms with Crippen molar-refractivity contribution in [2.45, 2.75) is 29.4 Å². The highest BCUT2D eigenvalue weighted by atomic mass is 32.2. The van der Waals surface area contributed by atoms with E-state index in [4.69, 9.17) is 0 Å². The predicted molar refractivity (Wildman–Crippen MR) is 60.7 cm³/mol. The predicted octanol–water partition coefficient (Wildman–Crippen LogP) is 3.59. The van der Waals surface area contributed by atoms with Crippen LogP contribution in [-0.4, -0.2) is 10.4 Å². The first-order valence-electron chi connectivity index (χ1n) is 4.97. The van der Waals surface area contributed by atoms with Gasteiger partial charge < -0.3 is 5.11 Å². The fourth-order valence-corrected chi connectivity index (χ4v) is 2.75. The molecular formula is C12H14OS. The highest BCUT2D eigenvalue weighted by Gasteiger charge is 2.11. The van der Waals surface area contributed by atoms with Gasteiger partial charge in [-0.3, -0.25) is 0 Å². The summed E-state index contributed by atoms with van der Waals surface area (Å²) < 4.78 is 0.